The lowest BCUT2D eigenvalue weighted by atomic mass is 10.0. The van der Waals surface area contributed by atoms with Crippen molar-refractivity contribution < 1.29 is 24.2 Å². The molecule has 0 aliphatic carbocycles. The van der Waals surface area contributed by atoms with Crippen molar-refractivity contribution in [1.82, 2.24) is 9.97 Å². The van der Waals surface area contributed by atoms with E-state index in [4.69, 9.17) is 15.2 Å². The number of hydrogen-bond donors (Lipinski definition) is 4. The second-order valence-corrected chi connectivity index (χ2v) is 12.4. The van der Waals surface area contributed by atoms with Gasteiger partial charge in [0.05, 0.1) is 30.2 Å². The molecule has 1 fully saturated rings. The van der Waals surface area contributed by atoms with Gasteiger partial charge in [-0.25, -0.2) is 9.97 Å². The number of para-hydroxylation sites is 2. The fourth-order valence-corrected chi connectivity index (χ4v) is 6.07. The first-order valence-electron chi connectivity index (χ1n) is 15.9. The zero-order chi connectivity index (χ0) is 32.8. The summed E-state index contributed by atoms with van der Waals surface area (Å²) >= 11 is 1.54. The summed E-state index contributed by atoms with van der Waals surface area (Å²) in [7, 11) is 0. The van der Waals surface area contributed by atoms with Crippen molar-refractivity contribution in [3.05, 3.63) is 108 Å². The number of aliphatic hydroxyl groups excluding tert-OH is 1. The van der Waals surface area contributed by atoms with Crippen LogP contribution in [0.1, 0.15) is 74.0 Å². The number of nitrogen functional groups attached to an aromatic ring is 1. The number of hydrogen-bond acceptors (Lipinski definition) is 9. The third-order valence-corrected chi connectivity index (χ3v) is 8.82. The van der Waals surface area contributed by atoms with Crippen LogP contribution in [0, 0.1) is 0 Å². The fraction of sp³-hybridized carbons (Fsp3) is 0.333. The molecule has 1 aliphatic heterocycles. The fourth-order valence-electron chi connectivity index (χ4n) is 5.25. The highest BCUT2D eigenvalue weighted by Crippen LogP contribution is 2.39. The second kappa shape index (κ2) is 17.6. The minimum atomic E-state index is -0.592. The van der Waals surface area contributed by atoms with Crippen molar-refractivity contribution in [2.24, 2.45) is 0 Å². The Kier molecular flexibility index (Phi) is 12.7. The topological polar surface area (TPSA) is 149 Å². The SMILES string of the molecule is Nc1ccccc1NC(=O)CCCCCCC(=O)Nc1ccc([C@@H]2O[C@H](CSc3ncccn3)C[C@H](c3ccc(CO)cc3)O2)cc1. The lowest BCUT2D eigenvalue weighted by Crippen LogP contribution is -2.31. The molecule has 1 aromatic heterocycles. The number of nitrogens with one attached hydrogen (secondary N) is 2. The minimum absolute atomic E-state index is 0.0109. The van der Waals surface area contributed by atoms with Gasteiger partial charge in [0.2, 0.25) is 11.8 Å². The van der Waals surface area contributed by atoms with E-state index in [2.05, 4.69) is 20.6 Å². The van der Waals surface area contributed by atoms with Crippen LogP contribution < -0.4 is 16.4 Å². The molecule has 0 saturated carbocycles. The molecular weight excluding hydrogens is 614 g/mol. The summed E-state index contributed by atoms with van der Waals surface area (Å²) in [5.74, 6) is 0.558. The van der Waals surface area contributed by atoms with Gasteiger partial charge in [0, 0.05) is 48.7 Å². The molecular formula is C36H41N5O5S. The van der Waals surface area contributed by atoms with E-state index in [0.29, 0.717) is 47.2 Å². The van der Waals surface area contributed by atoms with E-state index >= 15 is 0 Å². The molecule has 11 heteroatoms. The molecule has 3 atom stereocenters. The molecule has 0 bridgehead atoms. The zero-order valence-corrected chi connectivity index (χ0v) is 27.0. The standard InChI is InChI=1S/C36H41N5O5S/c37-30-8-5-6-9-31(30)41-34(44)11-4-2-1-3-10-33(43)40-28-18-16-27(17-19-28)35-45-29(24-47-36-38-20-7-21-39-36)22-32(46-35)26-14-12-25(23-42)13-15-26/h5-9,12-21,29,32,35,42H,1-4,10-11,22-24,37H2,(H,40,43)(H,41,44)/t29-,32+,35+/m0/s1. The van der Waals surface area contributed by atoms with Crippen molar-refractivity contribution in [3.8, 4) is 0 Å². The predicted molar refractivity (Wildman–Crippen MR) is 183 cm³/mol. The predicted octanol–water partition coefficient (Wildman–Crippen LogP) is 6.81. The summed E-state index contributed by atoms with van der Waals surface area (Å²) in [4.78, 5) is 33.4. The highest BCUT2D eigenvalue weighted by Gasteiger charge is 2.32. The average Bonchev–Trinajstić information content (AvgIpc) is 3.10. The van der Waals surface area contributed by atoms with Crippen LogP contribution in [0.15, 0.2) is 96.4 Å². The van der Waals surface area contributed by atoms with Gasteiger partial charge < -0.3 is 30.9 Å². The number of unbranched alkanes of at least 4 members (excludes halogenated alkanes) is 3. The Hall–Kier alpha value is -4.29. The Bertz CT molecular complexity index is 1570. The molecule has 1 aliphatic rings. The maximum Gasteiger partial charge on any atom is 0.224 e. The minimum Gasteiger partial charge on any atom is -0.397 e. The van der Waals surface area contributed by atoms with Gasteiger partial charge in [0.1, 0.15) is 0 Å². The van der Waals surface area contributed by atoms with Gasteiger partial charge in [-0.05, 0) is 54.3 Å². The van der Waals surface area contributed by atoms with Crippen molar-refractivity contribution in [2.45, 2.75) is 75.2 Å². The summed E-state index contributed by atoms with van der Waals surface area (Å²) in [5.41, 5.74) is 10.5. The van der Waals surface area contributed by atoms with Crippen molar-refractivity contribution in [3.63, 3.8) is 0 Å². The molecule has 2 heterocycles. The summed E-state index contributed by atoms with van der Waals surface area (Å²) in [6.45, 7) is -0.0109. The summed E-state index contributed by atoms with van der Waals surface area (Å²) in [5, 5.41) is 16.0. The number of anilines is 3. The molecule has 0 radical (unpaired) electrons. The molecule has 10 nitrogen and oxygen atoms in total. The van der Waals surface area contributed by atoms with E-state index in [0.717, 1.165) is 42.4 Å². The first-order chi connectivity index (χ1) is 23.0. The number of amides is 2. The Balaban J connectivity index is 1.08. The molecule has 1 saturated heterocycles. The molecule has 0 spiro atoms. The highest BCUT2D eigenvalue weighted by molar-refractivity contribution is 7.99. The Morgan fingerprint density at radius 3 is 2.15 bits per heavy atom. The van der Waals surface area contributed by atoms with Crippen LogP contribution in [0.4, 0.5) is 17.1 Å². The zero-order valence-electron chi connectivity index (χ0n) is 26.2. The Labute approximate surface area is 279 Å². The molecule has 0 unspecified atom stereocenters. The summed E-state index contributed by atoms with van der Waals surface area (Å²) in [6.07, 6.45) is 7.27. The third-order valence-electron chi connectivity index (χ3n) is 7.81. The Morgan fingerprint density at radius 2 is 1.47 bits per heavy atom. The van der Waals surface area contributed by atoms with Crippen LogP contribution in [0.2, 0.25) is 0 Å². The smallest absolute Gasteiger partial charge is 0.224 e. The number of nitrogens with zero attached hydrogens (tertiary/aromatic N) is 2. The lowest BCUT2D eigenvalue weighted by molar-refractivity contribution is -0.245. The van der Waals surface area contributed by atoms with Gasteiger partial charge in [-0.2, -0.15) is 0 Å². The number of thioether (sulfide) groups is 1. The van der Waals surface area contributed by atoms with Crippen LogP contribution in [-0.2, 0) is 25.7 Å². The van der Waals surface area contributed by atoms with Crippen LogP contribution in [-0.4, -0.2) is 38.7 Å². The number of carbonyl (C=O) groups is 2. The van der Waals surface area contributed by atoms with Gasteiger partial charge in [-0.15, -0.1) is 0 Å². The maximum absolute atomic E-state index is 12.6. The summed E-state index contributed by atoms with van der Waals surface area (Å²) < 4.78 is 12.8. The first kappa shape index (κ1) is 34.1. The van der Waals surface area contributed by atoms with Crippen LogP contribution >= 0.6 is 11.8 Å². The van der Waals surface area contributed by atoms with E-state index in [9.17, 15) is 14.7 Å². The quantitative estimate of drug-likeness (QED) is 0.0469. The summed E-state index contributed by atoms with van der Waals surface area (Å²) in [6, 6.07) is 24.3. The number of aromatic nitrogens is 2. The molecule has 5 N–H and O–H groups in total. The third kappa shape index (κ3) is 10.6. The van der Waals surface area contributed by atoms with Gasteiger partial charge in [0.25, 0.3) is 0 Å². The van der Waals surface area contributed by atoms with Gasteiger partial charge >= 0.3 is 0 Å². The molecule has 5 rings (SSSR count). The van der Waals surface area contributed by atoms with E-state index < -0.39 is 6.29 Å². The monoisotopic (exact) mass is 655 g/mol. The van der Waals surface area contributed by atoms with Gasteiger partial charge in [-0.3, -0.25) is 9.59 Å². The first-order valence-corrected chi connectivity index (χ1v) is 16.9. The van der Waals surface area contributed by atoms with Crippen LogP contribution in [0.3, 0.4) is 0 Å². The number of aliphatic hydroxyl groups is 1. The van der Waals surface area contributed by atoms with E-state index in [1.54, 1.807) is 42.4 Å². The number of carbonyl (C=O) groups excluding carboxylic acids is 2. The molecule has 47 heavy (non-hydrogen) atoms. The molecule has 2 amide bonds. The average molecular weight is 656 g/mol. The number of ether oxygens (including phenoxy) is 2. The van der Waals surface area contributed by atoms with E-state index in [1.165, 1.54) is 0 Å². The molecule has 3 aromatic carbocycles. The van der Waals surface area contributed by atoms with E-state index in [-0.39, 0.29) is 30.6 Å². The van der Waals surface area contributed by atoms with Crippen molar-refractivity contribution >= 4 is 40.6 Å². The number of rotatable bonds is 15. The second-order valence-electron chi connectivity index (χ2n) is 11.4. The van der Waals surface area contributed by atoms with Gasteiger partial charge in [-0.1, -0.05) is 73.1 Å². The molecule has 4 aromatic rings. The van der Waals surface area contributed by atoms with Crippen LogP contribution in [0.25, 0.3) is 0 Å². The van der Waals surface area contributed by atoms with Crippen molar-refractivity contribution in [2.75, 3.05) is 22.1 Å². The Morgan fingerprint density at radius 1 is 0.809 bits per heavy atom. The lowest BCUT2D eigenvalue weighted by Gasteiger charge is -2.36. The van der Waals surface area contributed by atoms with Crippen LogP contribution in [0.5, 0.6) is 0 Å². The highest BCUT2D eigenvalue weighted by atomic mass is 32.2. The molecule has 246 valence electrons. The maximum atomic E-state index is 12.6. The number of nitrogens with two attached hydrogens (primary N) is 1. The number of benzene rings is 3. The van der Waals surface area contributed by atoms with Gasteiger partial charge in [0.15, 0.2) is 11.4 Å². The largest absolute Gasteiger partial charge is 0.397 e. The normalized spacial score (nSPS) is 17.6. The van der Waals surface area contributed by atoms with E-state index in [1.807, 2.05) is 60.7 Å². The van der Waals surface area contributed by atoms with Crippen molar-refractivity contribution in [1.29, 1.82) is 0 Å².